The standard InChI is InChI=1S/C28H29FN4O3/c1-18(34)33-16-8-11-20-17-21(13-14-23(20)33)28(25(35)32(2)26(30)31-28)27(36-3)15-7-12-22(24(27)29)19-9-5-4-6-10-19/h4-7,9-10,12-15,17,24H,8,11,16H2,1-3H3,(H2,30,31). The summed E-state index contributed by atoms with van der Waals surface area (Å²) >= 11 is 0. The molecule has 3 atom stereocenters. The number of rotatable bonds is 4. The molecule has 2 heterocycles. The summed E-state index contributed by atoms with van der Waals surface area (Å²) in [5, 5.41) is 0. The highest BCUT2D eigenvalue weighted by Gasteiger charge is 2.66. The molecule has 0 radical (unpaired) electrons. The van der Waals surface area contributed by atoms with Crippen LogP contribution in [0.25, 0.3) is 5.57 Å². The summed E-state index contributed by atoms with van der Waals surface area (Å²) in [5.74, 6) is -0.555. The third-order valence-electron chi connectivity index (χ3n) is 7.52. The quantitative estimate of drug-likeness (QED) is 0.715. The Hall–Kier alpha value is -3.78. The smallest absolute Gasteiger partial charge is 0.265 e. The largest absolute Gasteiger partial charge is 0.369 e. The van der Waals surface area contributed by atoms with Crippen molar-refractivity contribution in [2.45, 2.75) is 37.1 Å². The predicted molar refractivity (Wildman–Crippen MR) is 137 cm³/mol. The maximum absolute atomic E-state index is 16.8. The number of benzene rings is 2. The Labute approximate surface area is 209 Å². The molecule has 1 aliphatic carbocycles. The number of carbonyl (C=O) groups is 2. The Morgan fingerprint density at radius 2 is 1.97 bits per heavy atom. The molecule has 2 aromatic carbocycles. The van der Waals surface area contributed by atoms with Gasteiger partial charge in [-0.1, -0.05) is 54.6 Å². The molecule has 0 spiro atoms. The number of aryl methyl sites for hydroxylation is 1. The zero-order chi connectivity index (χ0) is 25.7. The van der Waals surface area contributed by atoms with E-state index in [1.54, 1.807) is 35.3 Å². The van der Waals surface area contributed by atoms with Crippen LogP contribution in [0.15, 0.2) is 71.8 Å². The van der Waals surface area contributed by atoms with E-state index in [4.69, 9.17) is 10.5 Å². The van der Waals surface area contributed by atoms with Crippen LogP contribution in [0.4, 0.5) is 10.1 Å². The summed E-state index contributed by atoms with van der Waals surface area (Å²) in [6.45, 7) is 2.16. The highest BCUT2D eigenvalue weighted by molar-refractivity contribution is 6.08. The van der Waals surface area contributed by atoms with E-state index < -0.39 is 23.2 Å². The van der Waals surface area contributed by atoms with Crippen molar-refractivity contribution in [2.75, 3.05) is 25.6 Å². The number of ether oxygens (including phenoxy) is 1. The highest BCUT2D eigenvalue weighted by atomic mass is 19.1. The lowest BCUT2D eigenvalue weighted by atomic mass is 9.67. The van der Waals surface area contributed by atoms with Gasteiger partial charge in [-0.25, -0.2) is 9.38 Å². The highest BCUT2D eigenvalue weighted by Crippen LogP contribution is 2.52. The van der Waals surface area contributed by atoms with Crippen molar-refractivity contribution < 1.29 is 18.7 Å². The molecule has 7 nitrogen and oxygen atoms in total. The van der Waals surface area contributed by atoms with E-state index in [1.807, 2.05) is 36.4 Å². The minimum Gasteiger partial charge on any atom is -0.369 e. The molecule has 2 aromatic rings. The van der Waals surface area contributed by atoms with Crippen LogP contribution >= 0.6 is 0 Å². The van der Waals surface area contributed by atoms with Crippen molar-refractivity contribution in [2.24, 2.45) is 10.7 Å². The normalized spacial score (nSPS) is 27.6. The number of nitrogens with two attached hydrogens (primary N) is 1. The maximum Gasteiger partial charge on any atom is 0.265 e. The first-order chi connectivity index (χ1) is 17.3. The predicted octanol–water partition coefficient (Wildman–Crippen LogP) is 3.34. The first-order valence-electron chi connectivity index (χ1n) is 12.0. The van der Waals surface area contributed by atoms with Gasteiger partial charge < -0.3 is 15.4 Å². The van der Waals surface area contributed by atoms with Crippen molar-refractivity contribution in [1.29, 1.82) is 0 Å². The fraction of sp³-hybridized carbons (Fsp3) is 0.321. The summed E-state index contributed by atoms with van der Waals surface area (Å²) in [5.41, 5.74) is 5.78. The molecule has 0 saturated carbocycles. The van der Waals surface area contributed by atoms with Gasteiger partial charge in [-0.15, -0.1) is 0 Å². The Morgan fingerprint density at radius 1 is 1.22 bits per heavy atom. The maximum atomic E-state index is 16.8. The molecule has 2 amide bonds. The molecule has 0 bridgehead atoms. The monoisotopic (exact) mass is 488 g/mol. The number of amides is 2. The summed E-state index contributed by atoms with van der Waals surface area (Å²) in [7, 11) is 2.91. The molecule has 3 aliphatic rings. The Kier molecular flexibility index (Phi) is 5.79. The van der Waals surface area contributed by atoms with E-state index in [0.29, 0.717) is 23.2 Å². The third kappa shape index (κ3) is 3.24. The molecular weight excluding hydrogens is 459 g/mol. The average molecular weight is 489 g/mol. The molecule has 2 aliphatic heterocycles. The van der Waals surface area contributed by atoms with E-state index in [2.05, 4.69) is 4.99 Å². The van der Waals surface area contributed by atoms with Gasteiger partial charge in [0.15, 0.2) is 17.7 Å². The van der Waals surface area contributed by atoms with E-state index in [1.165, 1.54) is 26.0 Å². The number of aliphatic imine (C=N–C) groups is 1. The molecule has 2 N–H and O–H groups in total. The number of guanidine groups is 1. The van der Waals surface area contributed by atoms with Crippen molar-refractivity contribution >= 4 is 29.0 Å². The second kappa shape index (κ2) is 8.71. The molecule has 36 heavy (non-hydrogen) atoms. The lowest BCUT2D eigenvalue weighted by Crippen LogP contribution is -2.62. The molecule has 5 rings (SSSR count). The summed E-state index contributed by atoms with van der Waals surface area (Å²) in [6.07, 6.45) is 4.74. The number of alkyl halides is 1. The van der Waals surface area contributed by atoms with Crippen LogP contribution in [0.1, 0.15) is 30.0 Å². The Balaban J connectivity index is 1.72. The van der Waals surface area contributed by atoms with Crippen molar-refractivity contribution in [3.05, 3.63) is 83.4 Å². The number of allylic oxidation sites excluding steroid dienone is 2. The fourth-order valence-electron chi connectivity index (χ4n) is 5.65. The van der Waals surface area contributed by atoms with Crippen molar-refractivity contribution in [1.82, 2.24) is 4.90 Å². The molecule has 0 fully saturated rings. The SMILES string of the molecule is COC1(C2(c3ccc4c(c3)CCCN4C(C)=O)N=C(N)N(C)C2=O)C=CC=C(c2ccccc2)C1F. The molecule has 0 aromatic heterocycles. The van der Waals surface area contributed by atoms with Crippen LogP contribution in [0.2, 0.25) is 0 Å². The van der Waals surface area contributed by atoms with Gasteiger partial charge >= 0.3 is 0 Å². The van der Waals surface area contributed by atoms with Gasteiger partial charge in [0, 0.05) is 33.3 Å². The zero-order valence-electron chi connectivity index (χ0n) is 20.6. The molecule has 3 unspecified atom stereocenters. The van der Waals surface area contributed by atoms with Crippen LogP contribution in [-0.4, -0.2) is 55.1 Å². The minimum atomic E-state index is -1.81. The number of halogens is 1. The van der Waals surface area contributed by atoms with Crippen LogP contribution < -0.4 is 10.6 Å². The van der Waals surface area contributed by atoms with Crippen LogP contribution in [0.5, 0.6) is 0 Å². The van der Waals surface area contributed by atoms with E-state index in [-0.39, 0.29) is 11.9 Å². The second-order valence-corrected chi connectivity index (χ2v) is 9.37. The zero-order valence-corrected chi connectivity index (χ0v) is 20.6. The van der Waals surface area contributed by atoms with Crippen molar-refractivity contribution in [3.63, 3.8) is 0 Å². The number of hydrogen-bond acceptors (Lipinski definition) is 5. The van der Waals surface area contributed by atoms with E-state index in [9.17, 15) is 9.59 Å². The van der Waals surface area contributed by atoms with Gasteiger partial charge in [-0.3, -0.25) is 14.5 Å². The average Bonchev–Trinajstić information content (AvgIpc) is 3.13. The molecular formula is C28H29FN4O3. The number of methoxy groups -OCH3 is 1. The molecule has 8 heteroatoms. The topological polar surface area (TPSA) is 88.2 Å². The van der Waals surface area contributed by atoms with Gasteiger partial charge in [-0.05, 0) is 47.2 Å². The number of carbonyl (C=O) groups excluding carboxylic acids is 2. The fourth-order valence-corrected chi connectivity index (χ4v) is 5.65. The number of anilines is 1. The number of nitrogens with zero attached hydrogens (tertiary/aromatic N) is 3. The Morgan fingerprint density at radius 3 is 2.61 bits per heavy atom. The number of likely N-dealkylation sites (N-methyl/N-ethyl adjacent to an activating group) is 1. The summed E-state index contributed by atoms with van der Waals surface area (Å²) in [6, 6.07) is 14.6. The minimum absolute atomic E-state index is 0.0177. The lowest BCUT2D eigenvalue weighted by molar-refractivity contribution is -0.145. The molecule has 0 saturated heterocycles. The van der Waals surface area contributed by atoms with Crippen molar-refractivity contribution in [3.8, 4) is 0 Å². The van der Waals surface area contributed by atoms with Crippen LogP contribution in [0, 0.1) is 0 Å². The Bertz CT molecular complexity index is 1320. The van der Waals surface area contributed by atoms with Gasteiger partial charge in [0.2, 0.25) is 11.4 Å². The van der Waals surface area contributed by atoms with Gasteiger partial charge in [-0.2, -0.15) is 0 Å². The van der Waals surface area contributed by atoms with E-state index >= 15 is 4.39 Å². The van der Waals surface area contributed by atoms with Gasteiger partial charge in [0.1, 0.15) is 0 Å². The van der Waals surface area contributed by atoms with Gasteiger partial charge in [0.25, 0.3) is 5.91 Å². The van der Waals surface area contributed by atoms with Gasteiger partial charge in [0.05, 0.1) is 0 Å². The number of hydrogen-bond donors (Lipinski definition) is 1. The summed E-state index contributed by atoms with van der Waals surface area (Å²) in [4.78, 5) is 33.8. The second-order valence-electron chi connectivity index (χ2n) is 9.37. The first kappa shape index (κ1) is 23.9. The molecule has 186 valence electrons. The number of fused-ring (bicyclic) bond motifs is 1. The lowest BCUT2D eigenvalue weighted by Gasteiger charge is -2.46. The third-order valence-corrected chi connectivity index (χ3v) is 7.52. The first-order valence-corrected chi connectivity index (χ1v) is 12.0. The van der Waals surface area contributed by atoms with Crippen LogP contribution in [-0.2, 0) is 26.3 Å². The van der Waals surface area contributed by atoms with E-state index in [0.717, 1.165) is 24.1 Å². The van der Waals surface area contributed by atoms with Crippen LogP contribution in [0.3, 0.4) is 0 Å². The summed E-state index contributed by atoms with van der Waals surface area (Å²) < 4.78 is 22.8.